The van der Waals surface area contributed by atoms with Gasteiger partial charge in [0.05, 0.1) is 6.54 Å². The van der Waals surface area contributed by atoms with Crippen molar-refractivity contribution in [2.45, 2.75) is 5.75 Å². The van der Waals surface area contributed by atoms with Gasteiger partial charge in [-0.05, 0) is 17.7 Å². The van der Waals surface area contributed by atoms with E-state index in [1.165, 1.54) is 5.56 Å². The topological polar surface area (TPSA) is 24.4 Å². The number of rotatable bonds is 2. The number of nitrogens with zero attached hydrogens (tertiary/aromatic N) is 1. The van der Waals surface area contributed by atoms with Crippen molar-refractivity contribution in [3.05, 3.63) is 34.3 Å². The van der Waals surface area contributed by atoms with Crippen LogP contribution in [0.4, 0.5) is 0 Å². The minimum atomic E-state index is 0.917. The summed E-state index contributed by atoms with van der Waals surface area (Å²) in [5, 5.41) is 4.32. The minimum Gasteiger partial charge on any atom is -0.363 e. The van der Waals surface area contributed by atoms with E-state index in [0.717, 1.165) is 28.5 Å². The van der Waals surface area contributed by atoms with Gasteiger partial charge in [-0.3, -0.25) is 4.99 Å². The smallest absolute Gasteiger partial charge is 0.157 e. The highest BCUT2D eigenvalue weighted by Crippen LogP contribution is 2.18. The molecule has 1 aliphatic heterocycles. The number of thioether (sulfide) groups is 1. The van der Waals surface area contributed by atoms with Crippen LogP contribution in [0.3, 0.4) is 0 Å². The average molecular weight is 271 g/mol. The summed E-state index contributed by atoms with van der Waals surface area (Å²) in [4.78, 5) is 4.33. The Balaban J connectivity index is 1.91. The number of aliphatic imine (C=N–C) groups is 1. The summed E-state index contributed by atoms with van der Waals surface area (Å²) in [6.07, 6.45) is 0. The third-order valence-corrected chi connectivity index (χ3v) is 3.43. The minimum absolute atomic E-state index is 0.917. The monoisotopic (exact) mass is 270 g/mol. The second kappa shape index (κ2) is 4.84. The summed E-state index contributed by atoms with van der Waals surface area (Å²) in [5.74, 6) is 0.977. The van der Waals surface area contributed by atoms with Crippen LogP contribution in [0.15, 0.2) is 33.7 Å². The van der Waals surface area contributed by atoms with Crippen LogP contribution in [0.1, 0.15) is 5.56 Å². The fourth-order valence-electron chi connectivity index (χ4n) is 1.25. The van der Waals surface area contributed by atoms with Crippen molar-refractivity contribution >= 4 is 32.9 Å². The van der Waals surface area contributed by atoms with Crippen molar-refractivity contribution in [1.82, 2.24) is 5.32 Å². The quantitative estimate of drug-likeness (QED) is 0.894. The van der Waals surface area contributed by atoms with Gasteiger partial charge in [0.25, 0.3) is 0 Å². The highest BCUT2D eigenvalue weighted by Gasteiger charge is 2.05. The Hall–Kier alpha value is -0.480. The number of amidine groups is 1. The molecule has 74 valence electrons. The predicted molar refractivity (Wildman–Crippen MR) is 65.7 cm³/mol. The van der Waals surface area contributed by atoms with Crippen molar-refractivity contribution in [1.29, 1.82) is 0 Å². The van der Waals surface area contributed by atoms with Gasteiger partial charge < -0.3 is 5.32 Å². The molecule has 0 aliphatic carbocycles. The summed E-state index contributed by atoms with van der Waals surface area (Å²) in [6, 6.07) is 8.37. The lowest BCUT2D eigenvalue weighted by molar-refractivity contribution is 0.963. The lowest BCUT2D eigenvalue weighted by atomic mass is 10.2. The molecule has 0 aromatic heterocycles. The second-order valence-corrected chi connectivity index (χ2v) is 4.91. The van der Waals surface area contributed by atoms with Gasteiger partial charge >= 0.3 is 0 Å². The number of nitrogens with one attached hydrogen (secondary N) is 1. The van der Waals surface area contributed by atoms with Crippen molar-refractivity contribution in [2.24, 2.45) is 4.99 Å². The second-order valence-electron chi connectivity index (χ2n) is 3.03. The van der Waals surface area contributed by atoms with Gasteiger partial charge in [-0.1, -0.05) is 39.8 Å². The Bertz CT molecular complexity index is 352. The summed E-state index contributed by atoms with van der Waals surface area (Å²) in [7, 11) is 0. The van der Waals surface area contributed by atoms with E-state index < -0.39 is 0 Å². The van der Waals surface area contributed by atoms with Crippen LogP contribution in [0.2, 0.25) is 0 Å². The first kappa shape index (κ1) is 10.1. The molecule has 2 rings (SSSR count). The predicted octanol–water partition coefficient (Wildman–Crippen LogP) is 2.64. The van der Waals surface area contributed by atoms with E-state index in [1.54, 1.807) is 11.8 Å². The van der Waals surface area contributed by atoms with Gasteiger partial charge in [-0.25, -0.2) is 0 Å². The number of benzene rings is 1. The third kappa shape index (κ3) is 2.75. The normalized spacial score (nSPS) is 15.1. The first-order chi connectivity index (χ1) is 6.84. The van der Waals surface area contributed by atoms with Gasteiger partial charge in [-0.2, -0.15) is 0 Å². The third-order valence-electron chi connectivity index (χ3n) is 1.91. The van der Waals surface area contributed by atoms with Gasteiger partial charge in [0.2, 0.25) is 0 Å². The molecule has 0 spiro atoms. The van der Waals surface area contributed by atoms with E-state index >= 15 is 0 Å². The van der Waals surface area contributed by atoms with Gasteiger partial charge in [0.15, 0.2) is 5.17 Å². The molecular weight excluding hydrogens is 260 g/mol. The molecule has 0 saturated heterocycles. The van der Waals surface area contributed by atoms with Crippen LogP contribution in [-0.2, 0) is 5.75 Å². The molecule has 1 N–H and O–H groups in total. The summed E-state index contributed by atoms with van der Waals surface area (Å²) in [5.41, 5.74) is 1.32. The van der Waals surface area contributed by atoms with E-state index in [-0.39, 0.29) is 0 Å². The standard InChI is InChI=1S/C10H11BrN2S/c11-9-3-1-2-8(6-9)7-14-10-12-4-5-13-10/h1-3,6H,4-5,7H2,(H,12,13). The molecular formula is C10H11BrN2S. The van der Waals surface area contributed by atoms with E-state index in [4.69, 9.17) is 0 Å². The highest BCUT2D eigenvalue weighted by atomic mass is 79.9. The summed E-state index contributed by atoms with van der Waals surface area (Å²) < 4.78 is 1.14. The molecule has 0 radical (unpaired) electrons. The molecule has 0 saturated carbocycles. The Kier molecular flexibility index (Phi) is 3.48. The van der Waals surface area contributed by atoms with Crippen LogP contribution in [0.25, 0.3) is 0 Å². The zero-order chi connectivity index (χ0) is 9.80. The highest BCUT2D eigenvalue weighted by molar-refractivity contribution is 9.10. The van der Waals surface area contributed by atoms with Crippen LogP contribution >= 0.6 is 27.7 Å². The first-order valence-corrected chi connectivity index (χ1v) is 6.28. The Morgan fingerprint density at radius 1 is 1.50 bits per heavy atom. The van der Waals surface area contributed by atoms with Crippen molar-refractivity contribution in [3.8, 4) is 0 Å². The molecule has 0 amide bonds. The fraction of sp³-hybridized carbons (Fsp3) is 0.300. The Morgan fingerprint density at radius 2 is 2.43 bits per heavy atom. The SMILES string of the molecule is Brc1cccc(CSC2=NCCN2)c1. The zero-order valence-electron chi connectivity index (χ0n) is 7.66. The molecule has 0 unspecified atom stereocenters. The molecule has 0 bridgehead atoms. The lowest BCUT2D eigenvalue weighted by Crippen LogP contribution is -2.14. The van der Waals surface area contributed by atoms with E-state index in [2.05, 4.69) is 44.4 Å². The van der Waals surface area contributed by atoms with Gasteiger partial charge in [0, 0.05) is 16.8 Å². The summed E-state index contributed by atoms with van der Waals surface area (Å²) in [6.45, 7) is 1.90. The van der Waals surface area contributed by atoms with Gasteiger partial charge in [-0.15, -0.1) is 0 Å². The number of halogens is 1. The van der Waals surface area contributed by atoms with Gasteiger partial charge in [0.1, 0.15) is 0 Å². The van der Waals surface area contributed by atoms with Crippen molar-refractivity contribution in [3.63, 3.8) is 0 Å². The molecule has 0 atom stereocenters. The number of hydrogen-bond acceptors (Lipinski definition) is 3. The molecule has 2 nitrogen and oxygen atoms in total. The fourth-order valence-corrected chi connectivity index (χ4v) is 2.57. The van der Waals surface area contributed by atoms with E-state index in [0.29, 0.717) is 0 Å². The summed E-state index contributed by atoms with van der Waals surface area (Å²) >= 11 is 5.22. The molecule has 4 heteroatoms. The van der Waals surface area contributed by atoms with Crippen molar-refractivity contribution < 1.29 is 0 Å². The average Bonchev–Trinajstić information content (AvgIpc) is 2.67. The maximum atomic E-state index is 4.33. The largest absolute Gasteiger partial charge is 0.363 e. The van der Waals surface area contributed by atoms with Crippen LogP contribution in [0, 0.1) is 0 Å². The first-order valence-electron chi connectivity index (χ1n) is 4.50. The van der Waals surface area contributed by atoms with E-state index in [9.17, 15) is 0 Å². The maximum absolute atomic E-state index is 4.33. The maximum Gasteiger partial charge on any atom is 0.157 e. The molecule has 1 heterocycles. The lowest BCUT2D eigenvalue weighted by Gasteiger charge is -2.02. The van der Waals surface area contributed by atoms with Crippen molar-refractivity contribution in [2.75, 3.05) is 13.1 Å². The Morgan fingerprint density at radius 3 is 3.14 bits per heavy atom. The molecule has 14 heavy (non-hydrogen) atoms. The number of hydrogen-bond donors (Lipinski definition) is 1. The van der Waals surface area contributed by atoms with Crippen LogP contribution < -0.4 is 5.32 Å². The van der Waals surface area contributed by atoms with E-state index in [1.807, 2.05) is 6.07 Å². The molecule has 1 aromatic carbocycles. The molecule has 1 aliphatic rings. The van der Waals surface area contributed by atoms with Crippen LogP contribution in [0.5, 0.6) is 0 Å². The van der Waals surface area contributed by atoms with Crippen LogP contribution in [-0.4, -0.2) is 18.3 Å². The zero-order valence-corrected chi connectivity index (χ0v) is 10.1. The molecule has 1 aromatic rings. The Labute approximate surface area is 96.3 Å². The molecule has 0 fully saturated rings.